The summed E-state index contributed by atoms with van der Waals surface area (Å²) >= 11 is 0. The summed E-state index contributed by atoms with van der Waals surface area (Å²) in [5.41, 5.74) is 1.25. The van der Waals surface area contributed by atoms with E-state index in [1.54, 1.807) is 0 Å². The fourth-order valence-electron chi connectivity index (χ4n) is 3.63. The van der Waals surface area contributed by atoms with E-state index in [1.165, 1.54) is 5.56 Å². The lowest BCUT2D eigenvalue weighted by Crippen LogP contribution is -2.52. The van der Waals surface area contributed by atoms with Crippen molar-refractivity contribution in [3.05, 3.63) is 35.5 Å². The molecule has 3 heterocycles. The van der Waals surface area contributed by atoms with Crippen LogP contribution in [-0.2, 0) is 13.0 Å². The molecule has 9 heteroatoms. The summed E-state index contributed by atoms with van der Waals surface area (Å²) in [6.45, 7) is 7.79. The average Bonchev–Trinajstić information content (AvgIpc) is 3.37. The molecule has 1 N–H and O–H groups in total. The summed E-state index contributed by atoms with van der Waals surface area (Å²) in [5.74, 6) is 4.01. The normalized spacial score (nSPS) is 17.0. The summed E-state index contributed by atoms with van der Waals surface area (Å²) in [7, 11) is 1.84. The van der Waals surface area contributed by atoms with Crippen molar-refractivity contribution in [1.82, 2.24) is 25.3 Å². The van der Waals surface area contributed by atoms with Gasteiger partial charge >= 0.3 is 0 Å². The van der Waals surface area contributed by atoms with Gasteiger partial charge in [0.15, 0.2) is 23.3 Å². The molecule has 0 bridgehead atoms. The zero-order valence-corrected chi connectivity index (χ0v) is 17.1. The number of aromatic nitrogens is 2. The molecule has 1 saturated heterocycles. The molecule has 0 atom stereocenters. The van der Waals surface area contributed by atoms with E-state index in [0.717, 1.165) is 69.6 Å². The van der Waals surface area contributed by atoms with Crippen molar-refractivity contribution in [2.75, 3.05) is 46.6 Å². The van der Waals surface area contributed by atoms with Gasteiger partial charge in [0, 0.05) is 52.7 Å². The topological polar surface area (TPSA) is 88.2 Å². The van der Waals surface area contributed by atoms with Gasteiger partial charge in [0.25, 0.3) is 0 Å². The number of hydrogen-bond donors (Lipinski definition) is 1. The van der Waals surface area contributed by atoms with Crippen molar-refractivity contribution >= 4 is 5.96 Å². The van der Waals surface area contributed by atoms with Gasteiger partial charge in [0.05, 0.1) is 0 Å². The smallest absolute Gasteiger partial charge is 0.231 e. The predicted octanol–water partition coefficient (Wildman–Crippen LogP) is 1.43. The first-order valence-electron chi connectivity index (χ1n) is 10.1. The molecule has 1 fully saturated rings. The van der Waals surface area contributed by atoms with Crippen molar-refractivity contribution in [1.29, 1.82) is 0 Å². The van der Waals surface area contributed by atoms with Gasteiger partial charge < -0.3 is 24.2 Å². The van der Waals surface area contributed by atoms with Gasteiger partial charge in [-0.25, -0.2) is 0 Å². The Morgan fingerprint density at radius 1 is 1.17 bits per heavy atom. The lowest BCUT2D eigenvalue weighted by atomic mass is 10.1. The first-order chi connectivity index (χ1) is 14.2. The summed E-state index contributed by atoms with van der Waals surface area (Å²) in [6, 6.07) is 6.20. The summed E-state index contributed by atoms with van der Waals surface area (Å²) < 4.78 is 16.0. The van der Waals surface area contributed by atoms with Gasteiger partial charge in [0.2, 0.25) is 12.7 Å². The van der Waals surface area contributed by atoms with Gasteiger partial charge in [-0.15, -0.1) is 0 Å². The lowest BCUT2D eigenvalue weighted by Gasteiger charge is -2.36. The highest BCUT2D eigenvalue weighted by molar-refractivity contribution is 5.79. The number of piperazine rings is 1. The summed E-state index contributed by atoms with van der Waals surface area (Å²) in [4.78, 5) is 13.4. The number of guanidine groups is 1. The molecule has 156 valence electrons. The third-order valence-electron chi connectivity index (χ3n) is 5.15. The third-order valence-corrected chi connectivity index (χ3v) is 5.15. The third kappa shape index (κ3) is 4.97. The maximum absolute atomic E-state index is 5.48. The van der Waals surface area contributed by atoms with Gasteiger partial charge in [-0.1, -0.05) is 11.2 Å². The van der Waals surface area contributed by atoms with Gasteiger partial charge in [0.1, 0.15) is 0 Å². The number of nitrogens with zero attached hydrogens (tertiary/aromatic N) is 5. The molecule has 0 unspecified atom stereocenters. The summed E-state index contributed by atoms with van der Waals surface area (Å²) in [6.07, 6.45) is 1.69. The first-order valence-corrected chi connectivity index (χ1v) is 10.1. The largest absolute Gasteiger partial charge is 0.454 e. The Morgan fingerprint density at radius 2 is 2.00 bits per heavy atom. The van der Waals surface area contributed by atoms with Crippen LogP contribution in [0.15, 0.2) is 27.7 Å². The van der Waals surface area contributed by atoms with E-state index in [4.69, 9.17) is 14.0 Å². The number of aryl methyl sites for hydroxylation is 2. The van der Waals surface area contributed by atoms with Crippen LogP contribution >= 0.6 is 0 Å². The number of rotatable bonds is 6. The van der Waals surface area contributed by atoms with Crippen LogP contribution in [0.5, 0.6) is 11.5 Å². The minimum Gasteiger partial charge on any atom is -0.454 e. The van der Waals surface area contributed by atoms with E-state index < -0.39 is 0 Å². The second-order valence-corrected chi connectivity index (χ2v) is 7.26. The molecule has 4 rings (SSSR count). The van der Waals surface area contributed by atoms with Crippen LogP contribution in [0.3, 0.4) is 0 Å². The minimum atomic E-state index is 0.318. The Morgan fingerprint density at radius 3 is 2.76 bits per heavy atom. The molecular formula is C20H28N6O3. The molecule has 0 aliphatic carbocycles. The van der Waals surface area contributed by atoms with Crippen molar-refractivity contribution in [3.63, 3.8) is 0 Å². The number of benzene rings is 1. The van der Waals surface area contributed by atoms with E-state index in [9.17, 15) is 0 Å². The number of nitrogens with one attached hydrogen (secondary N) is 1. The molecule has 0 amide bonds. The maximum atomic E-state index is 5.48. The van der Waals surface area contributed by atoms with Crippen molar-refractivity contribution in [2.45, 2.75) is 26.3 Å². The minimum absolute atomic E-state index is 0.318. The van der Waals surface area contributed by atoms with E-state index in [2.05, 4.69) is 42.4 Å². The molecule has 2 aromatic rings. The van der Waals surface area contributed by atoms with Crippen LogP contribution in [0.2, 0.25) is 0 Å². The Labute approximate surface area is 170 Å². The van der Waals surface area contributed by atoms with Gasteiger partial charge in [-0.2, -0.15) is 4.98 Å². The number of ether oxygens (including phenoxy) is 2. The highest BCUT2D eigenvalue weighted by Gasteiger charge is 2.20. The van der Waals surface area contributed by atoms with Crippen LogP contribution < -0.4 is 14.8 Å². The van der Waals surface area contributed by atoms with Crippen LogP contribution in [0.25, 0.3) is 0 Å². The molecule has 1 aromatic heterocycles. The molecule has 0 saturated carbocycles. The second-order valence-electron chi connectivity index (χ2n) is 7.26. The fraction of sp³-hybridized carbons (Fsp3) is 0.550. The number of fused-ring (bicyclic) bond motifs is 1. The second kappa shape index (κ2) is 9.13. The highest BCUT2D eigenvalue weighted by Crippen LogP contribution is 2.32. The Kier molecular flexibility index (Phi) is 6.14. The lowest BCUT2D eigenvalue weighted by molar-refractivity contribution is 0.171. The van der Waals surface area contributed by atoms with Crippen molar-refractivity contribution in [3.8, 4) is 11.5 Å². The van der Waals surface area contributed by atoms with Crippen LogP contribution in [-0.4, -0.2) is 72.5 Å². The number of aliphatic imine (C=N–C) groups is 1. The van der Waals surface area contributed by atoms with Crippen LogP contribution in [0.4, 0.5) is 0 Å². The average molecular weight is 400 g/mol. The molecule has 1 aromatic carbocycles. The van der Waals surface area contributed by atoms with E-state index in [1.807, 2.05) is 20.0 Å². The quantitative estimate of drug-likeness (QED) is 0.443. The van der Waals surface area contributed by atoms with Gasteiger partial charge in [-0.3, -0.25) is 9.89 Å². The Balaban J connectivity index is 1.19. The van der Waals surface area contributed by atoms with E-state index >= 15 is 0 Å². The first kappa shape index (κ1) is 19.5. The van der Waals surface area contributed by atoms with Gasteiger partial charge in [-0.05, 0) is 31.0 Å². The molecule has 2 aliphatic rings. The number of hydrogen-bond acceptors (Lipinski definition) is 7. The van der Waals surface area contributed by atoms with Crippen LogP contribution in [0.1, 0.15) is 23.7 Å². The molecule has 2 aliphatic heterocycles. The molecular weight excluding hydrogens is 372 g/mol. The molecule has 29 heavy (non-hydrogen) atoms. The SMILES string of the molecule is CN=C(NCCCc1nc(C)no1)N1CCN(Cc2ccc3c(c2)OCO3)CC1. The standard InChI is InChI=1S/C20H28N6O3/c1-15-23-19(29-24-15)4-3-7-22-20(21-2)26-10-8-25(9-11-26)13-16-5-6-17-18(12-16)28-14-27-17/h5-6,12H,3-4,7-11,13-14H2,1-2H3,(H,21,22). The van der Waals surface area contributed by atoms with Crippen molar-refractivity contribution < 1.29 is 14.0 Å². The maximum Gasteiger partial charge on any atom is 0.231 e. The molecule has 0 spiro atoms. The highest BCUT2D eigenvalue weighted by atomic mass is 16.7. The molecule has 9 nitrogen and oxygen atoms in total. The predicted molar refractivity (Wildman–Crippen MR) is 108 cm³/mol. The Hall–Kier alpha value is -2.81. The monoisotopic (exact) mass is 400 g/mol. The zero-order chi connectivity index (χ0) is 20.1. The van der Waals surface area contributed by atoms with E-state index in [0.29, 0.717) is 18.5 Å². The fourth-order valence-corrected chi connectivity index (χ4v) is 3.63. The Bertz CT molecular complexity index is 844. The zero-order valence-electron chi connectivity index (χ0n) is 17.1. The summed E-state index contributed by atoms with van der Waals surface area (Å²) in [5, 5.41) is 7.26. The van der Waals surface area contributed by atoms with E-state index in [-0.39, 0.29) is 0 Å². The van der Waals surface area contributed by atoms with Crippen molar-refractivity contribution in [2.24, 2.45) is 4.99 Å². The molecule has 0 radical (unpaired) electrons. The van der Waals surface area contributed by atoms with Crippen LogP contribution in [0, 0.1) is 6.92 Å².